The van der Waals surface area contributed by atoms with Crippen molar-refractivity contribution in [2.45, 2.75) is 6.42 Å². The molecule has 0 bridgehead atoms. The van der Waals surface area contributed by atoms with Crippen LogP contribution in [0.1, 0.15) is 6.42 Å². The molecule has 0 aliphatic carbocycles. The number of carboxylic acids is 1. The first-order chi connectivity index (χ1) is 6.68. The summed E-state index contributed by atoms with van der Waals surface area (Å²) in [6.45, 7) is 0. The van der Waals surface area contributed by atoms with E-state index in [9.17, 15) is 9.69 Å². The third kappa shape index (κ3) is 4.03. The summed E-state index contributed by atoms with van der Waals surface area (Å²) in [4.78, 5) is 21.3. The number of para-hydroxylation sites is 1. The molecule has 0 spiro atoms. The maximum atomic E-state index is 11.1. The molecule has 0 radical (unpaired) electrons. The van der Waals surface area contributed by atoms with E-state index in [-0.39, 0.29) is 6.42 Å². The Morgan fingerprint density at radius 3 is 2.71 bits per heavy atom. The molecule has 0 saturated heterocycles. The Kier molecular flexibility index (Phi) is 4.11. The molecule has 0 saturated carbocycles. The second-order valence-corrected chi connectivity index (χ2v) is 3.59. The molecular weight excluding hydrogens is 203 g/mol. The lowest BCUT2D eigenvalue weighted by Crippen LogP contribution is -2.01. The van der Waals surface area contributed by atoms with E-state index in [1.54, 1.807) is 30.3 Å². The first-order valence-corrected chi connectivity index (χ1v) is 5.17. The van der Waals surface area contributed by atoms with Crippen molar-refractivity contribution in [2.24, 2.45) is 0 Å². The molecule has 0 heterocycles. The lowest BCUT2D eigenvalue weighted by atomic mass is 10.3. The van der Waals surface area contributed by atoms with Crippen LogP contribution in [0, 0.1) is 0 Å². The average molecular weight is 212 g/mol. The second-order valence-electron chi connectivity index (χ2n) is 2.47. The zero-order valence-electron chi connectivity index (χ0n) is 7.29. The van der Waals surface area contributed by atoms with Gasteiger partial charge in [0.15, 0.2) is 5.75 Å². The van der Waals surface area contributed by atoms with Gasteiger partial charge >= 0.3 is 5.97 Å². The second kappa shape index (κ2) is 5.37. The van der Waals surface area contributed by atoms with Crippen molar-refractivity contribution < 1.29 is 19.3 Å². The monoisotopic (exact) mass is 212 g/mol. The van der Waals surface area contributed by atoms with E-state index >= 15 is 0 Å². The molecule has 4 nitrogen and oxygen atoms in total. The van der Waals surface area contributed by atoms with Crippen LogP contribution < -0.4 is 9.42 Å². The first kappa shape index (κ1) is 10.7. The van der Waals surface area contributed by atoms with Crippen molar-refractivity contribution in [1.29, 1.82) is 0 Å². The number of carboxylic acid groups (broad SMARTS) is 1. The number of hydrogen-bond acceptors (Lipinski definition) is 3. The lowest BCUT2D eigenvalue weighted by molar-refractivity contribution is -0.165. The van der Waals surface area contributed by atoms with Gasteiger partial charge in [0.05, 0.1) is 0 Å². The first-order valence-electron chi connectivity index (χ1n) is 3.93. The molecule has 0 aliphatic heterocycles. The molecule has 0 fully saturated rings. The van der Waals surface area contributed by atoms with Gasteiger partial charge in [-0.1, -0.05) is 18.2 Å². The fourth-order valence-corrected chi connectivity index (χ4v) is 1.48. The molecule has 1 N–H and O–H groups in total. The van der Waals surface area contributed by atoms with Crippen LogP contribution in [-0.4, -0.2) is 16.9 Å². The van der Waals surface area contributed by atoms with Gasteiger partial charge in [-0.3, -0.25) is 9.32 Å². The van der Waals surface area contributed by atoms with E-state index in [2.05, 4.69) is 0 Å². The Hall–Kier alpha value is -1.38. The van der Waals surface area contributed by atoms with Crippen LogP contribution in [0.3, 0.4) is 0 Å². The summed E-state index contributed by atoms with van der Waals surface area (Å²) in [6.07, 6.45) is -0.262. The number of hydrogen-bond donors (Lipinski definition) is 1. The Labute approximate surface area is 82.3 Å². The summed E-state index contributed by atoms with van der Waals surface area (Å²) in [5, 5.41) is 8.31. The van der Waals surface area contributed by atoms with Crippen LogP contribution in [0.25, 0.3) is 0 Å². The molecule has 1 aromatic carbocycles. The minimum atomic E-state index is -2.05. The summed E-state index contributed by atoms with van der Waals surface area (Å²) in [6, 6.07) is 8.61. The van der Waals surface area contributed by atoms with E-state index in [0.29, 0.717) is 5.75 Å². The third-order valence-electron chi connectivity index (χ3n) is 1.35. The van der Waals surface area contributed by atoms with Gasteiger partial charge in [-0.25, -0.2) is 0 Å². The quantitative estimate of drug-likeness (QED) is 0.756. The van der Waals surface area contributed by atoms with Crippen molar-refractivity contribution in [1.82, 2.24) is 0 Å². The SMILES string of the molecule is O=C(O)CC=[P+]([O-])Oc1ccccc1. The molecule has 0 aromatic heterocycles. The predicted molar refractivity (Wildman–Crippen MR) is 52.3 cm³/mol. The van der Waals surface area contributed by atoms with Crippen LogP contribution in [0.2, 0.25) is 0 Å². The largest absolute Gasteiger partial charge is 0.595 e. The van der Waals surface area contributed by atoms with Crippen molar-refractivity contribution in [2.75, 3.05) is 0 Å². The smallest absolute Gasteiger partial charge is 0.311 e. The Balaban J connectivity index is 2.53. The number of carbonyl (C=O) groups is 1. The van der Waals surface area contributed by atoms with Gasteiger partial charge in [0.25, 0.3) is 8.00 Å². The number of rotatable bonds is 4. The normalized spacial score (nSPS) is 11.1. The molecule has 1 aromatic rings. The minimum Gasteiger partial charge on any atom is -0.595 e. The van der Waals surface area contributed by atoms with E-state index < -0.39 is 14.0 Å². The van der Waals surface area contributed by atoms with Crippen molar-refractivity contribution in [3.8, 4) is 5.75 Å². The topological polar surface area (TPSA) is 69.6 Å². The third-order valence-corrected chi connectivity index (χ3v) is 2.23. The van der Waals surface area contributed by atoms with Crippen molar-refractivity contribution in [3.63, 3.8) is 0 Å². The van der Waals surface area contributed by atoms with E-state index in [1.807, 2.05) is 0 Å². The zero-order chi connectivity index (χ0) is 10.4. The Morgan fingerprint density at radius 2 is 2.14 bits per heavy atom. The molecular formula is C9H9O4P. The molecule has 14 heavy (non-hydrogen) atoms. The summed E-state index contributed by atoms with van der Waals surface area (Å²) >= 11 is 0. The highest BCUT2D eigenvalue weighted by molar-refractivity contribution is 7.45. The molecule has 1 unspecified atom stereocenters. The van der Waals surface area contributed by atoms with E-state index in [1.165, 1.54) is 0 Å². The highest BCUT2D eigenvalue weighted by Gasteiger charge is 2.02. The van der Waals surface area contributed by atoms with Gasteiger partial charge in [-0.05, 0) is 12.1 Å². The minimum absolute atomic E-state index is 0.262. The molecule has 1 atom stereocenters. The number of benzene rings is 1. The maximum Gasteiger partial charge on any atom is 0.311 e. The van der Waals surface area contributed by atoms with Gasteiger partial charge < -0.3 is 10.00 Å². The zero-order valence-corrected chi connectivity index (χ0v) is 8.18. The summed E-state index contributed by atoms with van der Waals surface area (Å²) < 4.78 is 4.96. The van der Waals surface area contributed by atoms with E-state index in [4.69, 9.17) is 9.63 Å². The number of aliphatic carboxylic acids is 1. The van der Waals surface area contributed by atoms with Crippen molar-refractivity contribution in [3.05, 3.63) is 30.3 Å². The summed E-state index contributed by atoms with van der Waals surface area (Å²) in [5.41, 5.74) is 0. The fourth-order valence-electron chi connectivity index (χ4n) is 0.775. The summed E-state index contributed by atoms with van der Waals surface area (Å²) in [5.74, 6) is 0.574. The molecule has 0 aliphatic rings. The Bertz CT molecular complexity index is 334. The standard InChI is InChI=1S/C9H9O4P/c10-9(11)6-7-14(12)13-8-4-2-1-3-5-8/h1-5,7H,6H2,(H,10,11). The Morgan fingerprint density at radius 1 is 1.50 bits per heavy atom. The van der Waals surface area contributed by atoms with Gasteiger partial charge in [-0.15, -0.1) is 0 Å². The lowest BCUT2D eigenvalue weighted by Gasteiger charge is -1.98. The van der Waals surface area contributed by atoms with E-state index in [0.717, 1.165) is 5.80 Å². The fraction of sp³-hybridized carbons (Fsp3) is 0.111. The van der Waals surface area contributed by atoms with Gasteiger partial charge in [0.2, 0.25) is 0 Å². The van der Waals surface area contributed by atoms with Crippen LogP contribution in [0.4, 0.5) is 0 Å². The van der Waals surface area contributed by atoms with Gasteiger partial charge in [0, 0.05) is 0 Å². The predicted octanol–water partition coefficient (Wildman–Crippen LogP) is 1.01. The average Bonchev–Trinajstić information content (AvgIpc) is 2.16. The highest BCUT2D eigenvalue weighted by Crippen LogP contribution is 2.19. The summed E-state index contributed by atoms with van der Waals surface area (Å²) in [7, 11) is -2.05. The van der Waals surface area contributed by atoms with Crippen LogP contribution in [0.15, 0.2) is 30.3 Å². The van der Waals surface area contributed by atoms with Crippen LogP contribution >= 0.6 is 8.00 Å². The van der Waals surface area contributed by atoms with Crippen LogP contribution in [-0.2, 0) is 4.79 Å². The maximum absolute atomic E-state index is 11.1. The highest BCUT2D eigenvalue weighted by atomic mass is 31.1. The van der Waals surface area contributed by atoms with Crippen LogP contribution in [0.5, 0.6) is 5.75 Å². The van der Waals surface area contributed by atoms with Gasteiger partial charge in [0.1, 0.15) is 12.2 Å². The molecule has 1 rings (SSSR count). The molecule has 74 valence electrons. The molecule has 0 amide bonds. The molecule has 5 heteroatoms. The van der Waals surface area contributed by atoms with Crippen molar-refractivity contribution >= 4 is 19.8 Å². The van der Waals surface area contributed by atoms with Gasteiger partial charge in [-0.2, -0.15) is 0 Å².